The van der Waals surface area contributed by atoms with E-state index in [1.807, 2.05) is 0 Å². The van der Waals surface area contributed by atoms with Gasteiger partial charge in [-0.05, 0) is 12.3 Å². The van der Waals surface area contributed by atoms with E-state index >= 15 is 0 Å². The Labute approximate surface area is 201 Å². The van der Waals surface area contributed by atoms with Crippen LogP contribution in [0, 0.1) is 5.92 Å². The fraction of sp³-hybridized carbons (Fsp3) is 0.957. The van der Waals surface area contributed by atoms with Gasteiger partial charge in [0.05, 0.1) is 0 Å². The molecule has 2 N–H and O–H groups in total. The zero-order valence-corrected chi connectivity index (χ0v) is 23.4. The molecule has 1 atom stereocenters. The number of alkyl halides is 3. The molecule has 0 aromatic rings. The number of carboxylic acids is 1. The van der Waals surface area contributed by atoms with Gasteiger partial charge in [-0.3, -0.25) is 4.79 Å². The van der Waals surface area contributed by atoms with Crippen molar-refractivity contribution in [3.63, 3.8) is 0 Å². The molecule has 0 amide bonds. The summed E-state index contributed by atoms with van der Waals surface area (Å²) in [5.74, 6) is -1.89. The fourth-order valence-electron chi connectivity index (χ4n) is 3.88. The van der Waals surface area contributed by atoms with Gasteiger partial charge in [0, 0.05) is 0 Å². The molecule has 0 spiro atoms. The number of sulfonamides is 1. The Kier molecular flexibility index (Phi) is 18.9. The molecule has 33 heavy (non-hydrogen) atoms. The summed E-state index contributed by atoms with van der Waals surface area (Å²) in [4.78, 5) is 10.5. The molecular formula is C23H49F3NO4PS. The monoisotopic (exact) mass is 523 g/mol. The molecule has 5 nitrogen and oxygen atoms in total. The van der Waals surface area contributed by atoms with E-state index in [-0.39, 0.29) is 12.3 Å². The number of nitrogens with one attached hydrogen (secondary N) is 1. The summed E-state index contributed by atoms with van der Waals surface area (Å²) >= 11 is 0. The Balaban J connectivity index is 0. The predicted molar refractivity (Wildman–Crippen MR) is 136 cm³/mol. The minimum atomic E-state index is -5.62. The van der Waals surface area contributed by atoms with Crippen molar-refractivity contribution in [1.29, 1.82) is 0 Å². The molecule has 0 aliphatic carbocycles. The number of unbranched alkanes of at least 4 members (excludes halogenated alkanes) is 4. The van der Waals surface area contributed by atoms with Crippen LogP contribution in [0.25, 0.3) is 0 Å². The SMILES string of the molecule is CC(C)C[C@H](NS(=O)(=O)C(F)(F)F)C(=O)O.CCCC[PH](CCCC)(CCCC)CCCC. The van der Waals surface area contributed by atoms with Crippen LogP contribution < -0.4 is 4.72 Å². The van der Waals surface area contributed by atoms with Gasteiger partial charge in [-0.15, -0.1) is 0 Å². The summed E-state index contributed by atoms with van der Waals surface area (Å²) in [6.45, 7) is 12.6. The van der Waals surface area contributed by atoms with E-state index in [2.05, 4.69) is 27.7 Å². The fourth-order valence-corrected chi connectivity index (χ4v) is 10.5. The third kappa shape index (κ3) is 16.0. The first kappa shape index (κ1) is 34.8. The maximum absolute atomic E-state index is 12.0. The van der Waals surface area contributed by atoms with Gasteiger partial charge in [-0.1, -0.05) is 13.8 Å². The number of halogens is 3. The quantitative estimate of drug-likeness (QED) is 0.204. The van der Waals surface area contributed by atoms with Gasteiger partial charge in [0.25, 0.3) is 0 Å². The summed E-state index contributed by atoms with van der Waals surface area (Å²) < 4.78 is 58.3. The van der Waals surface area contributed by atoms with Crippen LogP contribution in [0.4, 0.5) is 13.2 Å². The molecule has 0 saturated carbocycles. The summed E-state index contributed by atoms with van der Waals surface area (Å²) in [7, 11) is -6.50. The summed E-state index contributed by atoms with van der Waals surface area (Å²) in [6.07, 6.45) is 17.9. The van der Waals surface area contributed by atoms with Crippen LogP contribution >= 0.6 is 7.26 Å². The number of carbonyl (C=O) groups is 1. The topological polar surface area (TPSA) is 83.5 Å². The molecule has 0 fully saturated rings. The summed E-state index contributed by atoms with van der Waals surface area (Å²) in [5.41, 5.74) is -5.50. The standard InChI is InChI=1S/C16H37P.C7H12F3NO4S/c1-5-9-13-17(14-10-6-2,15-11-7-3)16-12-8-4;1-4(2)3-5(6(12)13)11-16(14,15)7(8,9)10/h17H,5-16H2,1-4H3;4-5,11H,3H2,1-2H3,(H,12,13)/t;5-/m.0/s1. The van der Waals surface area contributed by atoms with Crippen LogP contribution in [0.3, 0.4) is 0 Å². The van der Waals surface area contributed by atoms with Crippen LogP contribution in [0.5, 0.6) is 0 Å². The number of aliphatic carboxylic acids is 1. The molecule has 0 bridgehead atoms. The van der Waals surface area contributed by atoms with Crippen molar-refractivity contribution in [2.75, 3.05) is 24.6 Å². The Bertz CT molecular complexity index is 576. The second-order valence-electron chi connectivity index (χ2n) is 9.50. The maximum atomic E-state index is 12.0. The van der Waals surface area contributed by atoms with E-state index in [1.54, 1.807) is 38.5 Å². The molecule has 0 aliphatic heterocycles. The number of hydrogen-bond acceptors (Lipinski definition) is 3. The zero-order chi connectivity index (χ0) is 26.1. The van der Waals surface area contributed by atoms with Gasteiger partial charge in [0.1, 0.15) is 6.04 Å². The molecule has 0 rings (SSSR count). The number of rotatable bonds is 17. The molecule has 0 radical (unpaired) electrons. The van der Waals surface area contributed by atoms with Crippen LogP contribution in [-0.2, 0) is 14.8 Å². The summed E-state index contributed by atoms with van der Waals surface area (Å²) in [6, 6.07) is -1.77. The predicted octanol–water partition coefficient (Wildman–Crippen LogP) is 6.86. The Morgan fingerprint density at radius 2 is 1.18 bits per heavy atom. The van der Waals surface area contributed by atoms with E-state index < -0.39 is 34.8 Å². The molecule has 10 heteroatoms. The van der Waals surface area contributed by atoms with Crippen molar-refractivity contribution >= 4 is 23.3 Å². The first-order valence-electron chi connectivity index (χ1n) is 12.5. The Hall–Kier alpha value is -0.400. The molecule has 0 saturated heterocycles. The summed E-state index contributed by atoms with van der Waals surface area (Å²) in [5, 5.41) is 8.56. The number of carboxylic acid groups (broad SMARTS) is 1. The number of hydrogen-bond donors (Lipinski definition) is 2. The van der Waals surface area contributed by atoms with E-state index in [1.165, 1.54) is 51.4 Å². The third-order valence-electron chi connectivity index (χ3n) is 5.85. The normalized spacial score (nSPS) is 14.0. The molecule has 0 aromatic carbocycles. The second-order valence-corrected chi connectivity index (χ2v) is 16.2. The van der Waals surface area contributed by atoms with Crippen LogP contribution in [0.2, 0.25) is 0 Å². The van der Waals surface area contributed by atoms with E-state index in [0.717, 1.165) is 4.72 Å². The molecule has 0 aliphatic rings. The van der Waals surface area contributed by atoms with E-state index in [4.69, 9.17) is 5.11 Å². The molecule has 0 heterocycles. The first-order valence-corrected chi connectivity index (χ1v) is 16.8. The molecule has 0 unspecified atom stereocenters. The van der Waals surface area contributed by atoms with Crippen molar-refractivity contribution in [2.45, 2.75) is 111 Å². The van der Waals surface area contributed by atoms with Crippen molar-refractivity contribution in [2.24, 2.45) is 5.92 Å². The van der Waals surface area contributed by atoms with Crippen LogP contribution in [0.15, 0.2) is 0 Å². The first-order chi connectivity index (χ1) is 15.2. The van der Waals surface area contributed by atoms with Crippen LogP contribution in [0.1, 0.15) is 99.3 Å². The average molecular weight is 524 g/mol. The van der Waals surface area contributed by atoms with Crippen molar-refractivity contribution in [3.05, 3.63) is 0 Å². The van der Waals surface area contributed by atoms with Crippen molar-refractivity contribution < 1.29 is 31.5 Å². The molecular weight excluding hydrogens is 474 g/mol. The second kappa shape index (κ2) is 18.0. The van der Waals surface area contributed by atoms with Gasteiger partial charge >= 0.3 is 132 Å². The Morgan fingerprint density at radius 3 is 1.39 bits per heavy atom. The van der Waals surface area contributed by atoms with Gasteiger partial charge in [-0.25, -0.2) is 8.42 Å². The van der Waals surface area contributed by atoms with Gasteiger partial charge in [0.15, 0.2) is 0 Å². The molecule has 202 valence electrons. The van der Waals surface area contributed by atoms with E-state index in [0.29, 0.717) is 0 Å². The van der Waals surface area contributed by atoms with E-state index in [9.17, 15) is 26.4 Å². The van der Waals surface area contributed by atoms with Gasteiger partial charge in [-0.2, -0.15) is 17.9 Å². The van der Waals surface area contributed by atoms with Gasteiger partial charge < -0.3 is 5.11 Å². The Morgan fingerprint density at radius 1 is 0.848 bits per heavy atom. The van der Waals surface area contributed by atoms with Crippen molar-refractivity contribution in [3.8, 4) is 0 Å². The van der Waals surface area contributed by atoms with Crippen molar-refractivity contribution in [1.82, 2.24) is 4.72 Å². The third-order valence-corrected chi connectivity index (χ3v) is 12.7. The van der Waals surface area contributed by atoms with Crippen LogP contribution in [-0.4, -0.2) is 55.7 Å². The van der Waals surface area contributed by atoms with Gasteiger partial charge in [0.2, 0.25) is 0 Å². The minimum absolute atomic E-state index is 0.218. The molecule has 0 aromatic heterocycles. The average Bonchev–Trinajstić information content (AvgIpc) is 2.71. The zero-order valence-electron chi connectivity index (χ0n) is 21.6.